The van der Waals surface area contributed by atoms with Crippen molar-refractivity contribution in [2.45, 2.75) is 57.3 Å². The molecule has 0 aromatic heterocycles. The summed E-state index contributed by atoms with van der Waals surface area (Å²) in [4.78, 5) is 33.6. The molecule has 0 aliphatic carbocycles. The van der Waals surface area contributed by atoms with Crippen LogP contribution < -0.4 is 0 Å². The quantitative estimate of drug-likeness (QED) is 0.562. The molecule has 120 valence electrons. The number of rotatable bonds is 5. The molecule has 0 saturated carbocycles. The Morgan fingerprint density at radius 1 is 0.952 bits per heavy atom. The summed E-state index contributed by atoms with van der Waals surface area (Å²) in [6.07, 6.45) is -1.14. The predicted octanol–water partition coefficient (Wildman–Crippen LogP) is 1.55. The maximum Gasteiger partial charge on any atom is 0.303 e. The molecule has 0 amide bonds. The summed E-state index contributed by atoms with van der Waals surface area (Å²) >= 11 is 1.53. The normalized spacial score (nSPS) is 28.3. The number of ether oxygens (including phenoxy) is 3. The molecule has 0 unspecified atom stereocenters. The third kappa shape index (κ3) is 5.22. The Labute approximate surface area is 128 Å². The standard InChI is InChI=1S/C14H22O6S/c1-7(2)14-13(20-10(5)17)12(19-9(4)16)11(21-14)6-18-8(3)15/h7,11-14H,6H2,1-5H3/t11-,12-,13-,14+/m1/s1. The lowest BCUT2D eigenvalue weighted by Crippen LogP contribution is -2.42. The van der Waals surface area contributed by atoms with E-state index in [1.165, 1.54) is 32.5 Å². The third-order valence-electron chi connectivity index (χ3n) is 3.06. The molecule has 0 aromatic rings. The van der Waals surface area contributed by atoms with E-state index in [1.807, 2.05) is 13.8 Å². The van der Waals surface area contributed by atoms with Crippen LogP contribution in [-0.4, -0.2) is 47.2 Å². The predicted molar refractivity (Wildman–Crippen MR) is 77.7 cm³/mol. The van der Waals surface area contributed by atoms with Gasteiger partial charge >= 0.3 is 17.9 Å². The molecule has 1 heterocycles. The van der Waals surface area contributed by atoms with Gasteiger partial charge in [-0.05, 0) is 5.92 Å². The van der Waals surface area contributed by atoms with Gasteiger partial charge < -0.3 is 14.2 Å². The van der Waals surface area contributed by atoms with Crippen LogP contribution in [0.5, 0.6) is 0 Å². The number of esters is 3. The van der Waals surface area contributed by atoms with Gasteiger partial charge in [-0.1, -0.05) is 13.8 Å². The summed E-state index contributed by atoms with van der Waals surface area (Å²) in [5.41, 5.74) is 0. The summed E-state index contributed by atoms with van der Waals surface area (Å²) < 4.78 is 15.7. The number of thioether (sulfide) groups is 1. The van der Waals surface area contributed by atoms with E-state index < -0.39 is 30.1 Å². The molecule has 1 aliphatic heterocycles. The summed E-state index contributed by atoms with van der Waals surface area (Å²) in [5.74, 6) is -1.04. The van der Waals surface area contributed by atoms with Crippen molar-refractivity contribution < 1.29 is 28.6 Å². The zero-order chi connectivity index (χ0) is 16.2. The Hall–Kier alpha value is -1.24. The van der Waals surface area contributed by atoms with Crippen molar-refractivity contribution in [1.82, 2.24) is 0 Å². The molecule has 0 bridgehead atoms. The van der Waals surface area contributed by atoms with Crippen molar-refractivity contribution in [2.75, 3.05) is 6.61 Å². The average molecular weight is 318 g/mol. The molecule has 4 atom stereocenters. The highest BCUT2D eigenvalue weighted by atomic mass is 32.2. The molecule has 1 saturated heterocycles. The van der Waals surface area contributed by atoms with Crippen molar-refractivity contribution >= 4 is 29.7 Å². The highest BCUT2D eigenvalue weighted by Gasteiger charge is 2.49. The first-order chi connectivity index (χ1) is 9.72. The molecule has 1 fully saturated rings. The monoisotopic (exact) mass is 318 g/mol. The Morgan fingerprint density at radius 2 is 1.48 bits per heavy atom. The van der Waals surface area contributed by atoms with Gasteiger partial charge in [-0.15, -0.1) is 11.8 Å². The topological polar surface area (TPSA) is 78.9 Å². The number of hydrogen-bond acceptors (Lipinski definition) is 7. The van der Waals surface area contributed by atoms with Gasteiger partial charge in [0.25, 0.3) is 0 Å². The number of carbonyl (C=O) groups is 3. The van der Waals surface area contributed by atoms with Crippen LogP contribution >= 0.6 is 11.8 Å². The van der Waals surface area contributed by atoms with Gasteiger partial charge in [0.2, 0.25) is 0 Å². The van der Waals surface area contributed by atoms with E-state index in [-0.39, 0.29) is 23.0 Å². The molecule has 0 aromatic carbocycles. The lowest BCUT2D eigenvalue weighted by molar-refractivity contribution is -0.165. The molecule has 6 nitrogen and oxygen atoms in total. The molecule has 0 spiro atoms. The van der Waals surface area contributed by atoms with Crippen LogP contribution in [0.25, 0.3) is 0 Å². The fourth-order valence-electron chi connectivity index (χ4n) is 2.29. The van der Waals surface area contributed by atoms with E-state index in [0.29, 0.717) is 0 Å². The second kappa shape index (κ2) is 7.68. The zero-order valence-corrected chi connectivity index (χ0v) is 13.8. The number of carbonyl (C=O) groups excluding carboxylic acids is 3. The minimum absolute atomic E-state index is 0.0150. The average Bonchev–Trinajstić information content (AvgIpc) is 2.64. The van der Waals surface area contributed by atoms with E-state index in [4.69, 9.17) is 14.2 Å². The van der Waals surface area contributed by atoms with Crippen LogP contribution in [0, 0.1) is 5.92 Å². The molecular weight excluding hydrogens is 296 g/mol. The van der Waals surface area contributed by atoms with E-state index in [9.17, 15) is 14.4 Å². The second-order valence-corrected chi connectivity index (χ2v) is 6.76. The maximum atomic E-state index is 11.3. The van der Waals surface area contributed by atoms with E-state index >= 15 is 0 Å². The Bertz CT molecular complexity index is 408. The summed E-state index contributed by atoms with van der Waals surface area (Å²) in [5, 5.41) is -0.256. The van der Waals surface area contributed by atoms with Crippen LogP contribution in [0.2, 0.25) is 0 Å². The molecular formula is C14H22O6S. The van der Waals surface area contributed by atoms with Gasteiger partial charge in [-0.2, -0.15) is 0 Å². The molecule has 21 heavy (non-hydrogen) atoms. The van der Waals surface area contributed by atoms with Crippen molar-refractivity contribution in [3.05, 3.63) is 0 Å². The Morgan fingerprint density at radius 3 is 1.90 bits per heavy atom. The van der Waals surface area contributed by atoms with Gasteiger partial charge in [0.05, 0.1) is 5.25 Å². The highest BCUT2D eigenvalue weighted by molar-refractivity contribution is 8.01. The van der Waals surface area contributed by atoms with Crippen LogP contribution in [-0.2, 0) is 28.6 Å². The first-order valence-corrected chi connectivity index (χ1v) is 7.80. The van der Waals surface area contributed by atoms with Gasteiger partial charge in [-0.3, -0.25) is 14.4 Å². The van der Waals surface area contributed by atoms with Crippen LogP contribution in [0.1, 0.15) is 34.6 Å². The Kier molecular flexibility index (Phi) is 6.51. The first kappa shape index (κ1) is 17.8. The summed E-state index contributed by atoms with van der Waals surface area (Å²) in [7, 11) is 0. The largest absolute Gasteiger partial charge is 0.465 e. The lowest BCUT2D eigenvalue weighted by Gasteiger charge is -2.26. The minimum Gasteiger partial charge on any atom is -0.465 e. The molecule has 1 aliphatic rings. The van der Waals surface area contributed by atoms with Crippen molar-refractivity contribution in [1.29, 1.82) is 0 Å². The van der Waals surface area contributed by atoms with Crippen LogP contribution in [0.4, 0.5) is 0 Å². The minimum atomic E-state index is -0.608. The Balaban J connectivity index is 2.93. The molecule has 1 rings (SSSR count). The van der Waals surface area contributed by atoms with Crippen molar-refractivity contribution in [2.24, 2.45) is 5.92 Å². The SMILES string of the molecule is CC(=O)OC[C@H]1S[C@@H](C(C)C)[C@H](OC(C)=O)[C@@H]1OC(C)=O. The lowest BCUT2D eigenvalue weighted by atomic mass is 9.99. The van der Waals surface area contributed by atoms with Crippen LogP contribution in [0.3, 0.4) is 0 Å². The maximum absolute atomic E-state index is 11.3. The van der Waals surface area contributed by atoms with Crippen molar-refractivity contribution in [3.8, 4) is 0 Å². The van der Waals surface area contributed by atoms with Gasteiger partial charge in [0.15, 0.2) is 12.2 Å². The smallest absolute Gasteiger partial charge is 0.303 e. The third-order valence-corrected chi connectivity index (χ3v) is 4.94. The summed E-state index contributed by atoms with van der Waals surface area (Å²) in [6.45, 7) is 8.09. The second-order valence-electron chi connectivity index (χ2n) is 5.33. The fraction of sp³-hybridized carbons (Fsp3) is 0.786. The molecule has 0 N–H and O–H groups in total. The van der Waals surface area contributed by atoms with Crippen LogP contribution in [0.15, 0.2) is 0 Å². The first-order valence-electron chi connectivity index (χ1n) is 6.85. The number of hydrogen-bond donors (Lipinski definition) is 0. The molecule has 7 heteroatoms. The fourth-order valence-corrected chi connectivity index (χ4v) is 3.88. The zero-order valence-electron chi connectivity index (χ0n) is 13.0. The van der Waals surface area contributed by atoms with Gasteiger partial charge in [0, 0.05) is 26.0 Å². The van der Waals surface area contributed by atoms with E-state index in [0.717, 1.165) is 0 Å². The van der Waals surface area contributed by atoms with Gasteiger partial charge in [-0.25, -0.2) is 0 Å². The van der Waals surface area contributed by atoms with Gasteiger partial charge in [0.1, 0.15) is 6.61 Å². The van der Waals surface area contributed by atoms with E-state index in [1.54, 1.807) is 0 Å². The van der Waals surface area contributed by atoms with E-state index in [2.05, 4.69) is 0 Å². The highest BCUT2D eigenvalue weighted by Crippen LogP contribution is 2.41. The molecule has 0 radical (unpaired) electrons. The summed E-state index contributed by atoms with van der Waals surface area (Å²) in [6, 6.07) is 0. The van der Waals surface area contributed by atoms with Crippen molar-refractivity contribution in [3.63, 3.8) is 0 Å².